The van der Waals surface area contributed by atoms with Crippen molar-refractivity contribution in [1.29, 1.82) is 0 Å². The molecule has 1 unspecified atom stereocenters. The number of piperazine rings is 1. The molecule has 2 heterocycles. The van der Waals surface area contributed by atoms with Gasteiger partial charge >= 0.3 is 0 Å². The van der Waals surface area contributed by atoms with E-state index in [2.05, 4.69) is 10.6 Å². The van der Waals surface area contributed by atoms with Crippen LogP contribution in [0.25, 0.3) is 0 Å². The van der Waals surface area contributed by atoms with Crippen molar-refractivity contribution in [2.24, 2.45) is 0 Å². The second-order valence-corrected chi connectivity index (χ2v) is 6.69. The molecule has 2 aliphatic heterocycles. The van der Waals surface area contributed by atoms with Gasteiger partial charge in [-0.25, -0.2) is 4.39 Å². The van der Waals surface area contributed by atoms with Gasteiger partial charge in [-0.15, -0.1) is 0 Å². The van der Waals surface area contributed by atoms with Crippen LogP contribution in [-0.2, 0) is 9.59 Å². The summed E-state index contributed by atoms with van der Waals surface area (Å²) in [4.78, 5) is 39.7. The Morgan fingerprint density at radius 2 is 2.12 bits per heavy atom. The van der Waals surface area contributed by atoms with Gasteiger partial charge in [-0.3, -0.25) is 14.4 Å². The van der Waals surface area contributed by atoms with Crippen molar-refractivity contribution >= 4 is 23.4 Å². The summed E-state index contributed by atoms with van der Waals surface area (Å²) in [5.41, 5.74) is 0.316. The standard InChI is InChI=1S/C18H23FN4O3/c1-12(24)21-16-9-13(4-5-15(16)19)18(26)22-7-2-3-14(11-22)23-8-6-20-10-17(23)25/h4-5,9,14,20H,2-3,6-8,10-11H2,1H3,(H,21,24). The number of hydrogen-bond donors (Lipinski definition) is 2. The number of nitrogens with zero attached hydrogens (tertiary/aromatic N) is 2. The minimum Gasteiger partial charge on any atom is -0.337 e. The number of hydrogen-bond acceptors (Lipinski definition) is 4. The van der Waals surface area contributed by atoms with Crippen molar-refractivity contribution in [1.82, 2.24) is 15.1 Å². The summed E-state index contributed by atoms with van der Waals surface area (Å²) < 4.78 is 13.8. The minimum atomic E-state index is -0.584. The third-order valence-electron chi connectivity index (χ3n) is 4.77. The molecule has 1 atom stereocenters. The first kappa shape index (κ1) is 18.3. The number of carbonyl (C=O) groups excluding carboxylic acids is 3. The molecule has 3 amide bonds. The van der Waals surface area contributed by atoms with Crippen LogP contribution in [0, 0.1) is 5.82 Å². The zero-order valence-corrected chi connectivity index (χ0v) is 14.8. The third-order valence-corrected chi connectivity index (χ3v) is 4.77. The minimum absolute atomic E-state index is 0.00538. The zero-order valence-electron chi connectivity index (χ0n) is 14.8. The largest absolute Gasteiger partial charge is 0.337 e. The van der Waals surface area contributed by atoms with E-state index in [9.17, 15) is 18.8 Å². The first-order chi connectivity index (χ1) is 12.5. The number of benzene rings is 1. The van der Waals surface area contributed by atoms with Crippen molar-refractivity contribution in [2.45, 2.75) is 25.8 Å². The van der Waals surface area contributed by atoms with Crippen LogP contribution in [0.5, 0.6) is 0 Å². The van der Waals surface area contributed by atoms with Gasteiger partial charge in [0.25, 0.3) is 5.91 Å². The van der Waals surface area contributed by atoms with Gasteiger partial charge in [0.1, 0.15) is 5.82 Å². The van der Waals surface area contributed by atoms with E-state index < -0.39 is 11.7 Å². The Balaban J connectivity index is 1.73. The van der Waals surface area contributed by atoms with E-state index in [-0.39, 0.29) is 23.5 Å². The summed E-state index contributed by atoms with van der Waals surface area (Å²) in [6, 6.07) is 3.97. The molecule has 2 N–H and O–H groups in total. The number of amides is 3. The fourth-order valence-corrected chi connectivity index (χ4v) is 3.53. The molecule has 2 aliphatic rings. The maximum atomic E-state index is 13.8. The third kappa shape index (κ3) is 4.01. The fourth-order valence-electron chi connectivity index (χ4n) is 3.53. The first-order valence-corrected chi connectivity index (χ1v) is 8.82. The lowest BCUT2D eigenvalue weighted by molar-refractivity contribution is -0.135. The summed E-state index contributed by atoms with van der Waals surface area (Å²) in [6.07, 6.45) is 1.68. The second kappa shape index (κ2) is 7.82. The van der Waals surface area contributed by atoms with Crippen LogP contribution >= 0.6 is 0 Å². The van der Waals surface area contributed by atoms with Crippen molar-refractivity contribution in [2.75, 3.05) is 38.0 Å². The van der Waals surface area contributed by atoms with Crippen LogP contribution in [0.1, 0.15) is 30.1 Å². The Kier molecular flexibility index (Phi) is 5.51. The second-order valence-electron chi connectivity index (χ2n) is 6.69. The summed E-state index contributed by atoms with van der Waals surface area (Å²) in [7, 11) is 0. The van der Waals surface area contributed by atoms with Crippen LogP contribution in [0.2, 0.25) is 0 Å². The molecule has 0 aliphatic carbocycles. The van der Waals surface area contributed by atoms with Gasteiger partial charge in [-0.05, 0) is 31.0 Å². The number of rotatable bonds is 3. The molecular weight excluding hydrogens is 339 g/mol. The molecule has 8 heteroatoms. The summed E-state index contributed by atoms with van der Waals surface area (Å²) in [5.74, 6) is -1.14. The summed E-state index contributed by atoms with van der Waals surface area (Å²) in [5, 5.41) is 5.44. The molecule has 0 spiro atoms. The van der Waals surface area contributed by atoms with E-state index in [1.54, 1.807) is 4.90 Å². The van der Waals surface area contributed by atoms with Gasteiger partial charge < -0.3 is 20.4 Å². The van der Waals surface area contributed by atoms with E-state index in [0.29, 0.717) is 31.7 Å². The van der Waals surface area contributed by atoms with Crippen LogP contribution < -0.4 is 10.6 Å². The molecule has 0 saturated carbocycles. The molecule has 1 aromatic rings. The van der Waals surface area contributed by atoms with Gasteiger partial charge in [0.15, 0.2) is 0 Å². The monoisotopic (exact) mass is 362 g/mol. The molecule has 0 bridgehead atoms. The molecule has 1 aromatic carbocycles. The molecule has 140 valence electrons. The lowest BCUT2D eigenvalue weighted by Crippen LogP contribution is -2.57. The summed E-state index contributed by atoms with van der Waals surface area (Å²) in [6.45, 7) is 4.10. The Morgan fingerprint density at radius 1 is 1.31 bits per heavy atom. The highest BCUT2D eigenvalue weighted by atomic mass is 19.1. The molecule has 2 fully saturated rings. The summed E-state index contributed by atoms with van der Waals surface area (Å²) >= 11 is 0. The maximum absolute atomic E-state index is 13.8. The quantitative estimate of drug-likeness (QED) is 0.834. The smallest absolute Gasteiger partial charge is 0.254 e. The highest BCUT2D eigenvalue weighted by Gasteiger charge is 2.32. The SMILES string of the molecule is CC(=O)Nc1cc(C(=O)N2CCCC(N3CCNCC3=O)C2)ccc1F. The number of anilines is 1. The normalized spacial score (nSPS) is 20.8. The lowest BCUT2D eigenvalue weighted by Gasteiger charge is -2.41. The average Bonchev–Trinajstić information content (AvgIpc) is 2.63. The van der Waals surface area contributed by atoms with Gasteiger partial charge in [0.2, 0.25) is 11.8 Å². The number of piperidine rings is 1. The van der Waals surface area contributed by atoms with Crippen molar-refractivity contribution < 1.29 is 18.8 Å². The number of nitrogens with one attached hydrogen (secondary N) is 2. The lowest BCUT2D eigenvalue weighted by atomic mass is 10.0. The Morgan fingerprint density at radius 3 is 2.85 bits per heavy atom. The highest BCUT2D eigenvalue weighted by molar-refractivity contribution is 5.97. The van der Waals surface area contributed by atoms with E-state index in [1.165, 1.54) is 25.1 Å². The molecule has 0 radical (unpaired) electrons. The molecule has 7 nitrogen and oxygen atoms in total. The molecule has 3 rings (SSSR count). The van der Waals surface area contributed by atoms with E-state index in [0.717, 1.165) is 19.4 Å². The van der Waals surface area contributed by atoms with Gasteiger partial charge in [0.05, 0.1) is 12.2 Å². The Bertz CT molecular complexity index is 724. The number of likely N-dealkylation sites (tertiary alicyclic amines) is 1. The predicted octanol–water partition coefficient (Wildman–Crippen LogP) is 0.821. The van der Waals surface area contributed by atoms with Gasteiger partial charge in [0, 0.05) is 44.7 Å². The van der Waals surface area contributed by atoms with Gasteiger partial charge in [-0.2, -0.15) is 0 Å². The predicted molar refractivity (Wildman–Crippen MR) is 94.2 cm³/mol. The maximum Gasteiger partial charge on any atom is 0.254 e. The number of carbonyl (C=O) groups is 3. The van der Waals surface area contributed by atoms with Crippen molar-refractivity contribution in [3.05, 3.63) is 29.6 Å². The van der Waals surface area contributed by atoms with Crippen LogP contribution in [0.3, 0.4) is 0 Å². The molecule has 26 heavy (non-hydrogen) atoms. The molecule has 2 saturated heterocycles. The van der Waals surface area contributed by atoms with Crippen LogP contribution in [0.15, 0.2) is 18.2 Å². The first-order valence-electron chi connectivity index (χ1n) is 8.82. The van der Waals surface area contributed by atoms with Crippen molar-refractivity contribution in [3.63, 3.8) is 0 Å². The van der Waals surface area contributed by atoms with E-state index >= 15 is 0 Å². The Hall–Kier alpha value is -2.48. The molecule has 0 aromatic heterocycles. The van der Waals surface area contributed by atoms with E-state index in [4.69, 9.17) is 0 Å². The highest BCUT2D eigenvalue weighted by Crippen LogP contribution is 2.22. The van der Waals surface area contributed by atoms with Crippen molar-refractivity contribution in [3.8, 4) is 0 Å². The van der Waals surface area contributed by atoms with Crippen LogP contribution in [0.4, 0.5) is 10.1 Å². The Labute approximate surface area is 151 Å². The average molecular weight is 362 g/mol. The topological polar surface area (TPSA) is 81.8 Å². The number of halogens is 1. The zero-order chi connectivity index (χ0) is 18.7. The molecular formula is C18H23FN4O3. The van der Waals surface area contributed by atoms with Crippen LogP contribution in [-0.4, -0.2) is 66.3 Å². The van der Waals surface area contributed by atoms with Gasteiger partial charge in [-0.1, -0.05) is 0 Å². The van der Waals surface area contributed by atoms with E-state index in [1.807, 2.05) is 4.90 Å². The fraction of sp³-hybridized carbons (Fsp3) is 0.500.